The fourth-order valence-electron chi connectivity index (χ4n) is 3.70. The Morgan fingerprint density at radius 3 is 2.33 bits per heavy atom. The SMILES string of the molecule is CCC1(C(=O)N2CCC[C@H]2C(=O)OC(C)(C)C)CCCC1. The van der Waals surface area contributed by atoms with Crippen LogP contribution in [0.2, 0.25) is 0 Å². The van der Waals surface area contributed by atoms with Crippen LogP contribution in [-0.4, -0.2) is 35.0 Å². The predicted molar refractivity (Wildman–Crippen MR) is 81.8 cm³/mol. The number of likely N-dealkylation sites (tertiary alicyclic amines) is 1. The Morgan fingerprint density at radius 1 is 1.19 bits per heavy atom. The molecule has 0 bridgehead atoms. The summed E-state index contributed by atoms with van der Waals surface area (Å²) in [5, 5.41) is 0. The van der Waals surface area contributed by atoms with Crippen molar-refractivity contribution in [3.05, 3.63) is 0 Å². The van der Waals surface area contributed by atoms with Crippen LogP contribution in [0.1, 0.15) is 72.6 Å². The Kier molecular flexibility index (Phi) is 4.64. The number of rotatable bonds is 3. The Bertz CT molecular complexity index is 405. The number of carbonyl (C=O) groups excluding carboxylic acids is 2. The van der Waals surface area contributed by atoms with E-state index < -0.39 is 5.60 Å². The molecule has 0 aromatic rings. The maximum atomic E-state index is 13.0. The first kappa shape index (κ1) is 16.3. The molecule has 120 valence electrons. The molecule has 1 heterocycles. The van der Waals surface area contributed by atoms with Gasteiger partial charge in [-0.15, -0.1) is 0 Å². The first-order valence-corrected chi connectivity index (χ1v) is 8.33. The average Bonchev–Trinajstić information content (AvgIpc) is 3.06. The van der Waals surface area contributed by atoms with E-state index in [2.05, 4.69) is 6.92 Å². The number of esters is 1. The van der Waals surface area contributed by atoms with E-state index in [1.54, 1.807) is 0 Å². The molecule has 1 amide bonds. The second-order valence-electron chi connectivity index (χ2n) is 7.53. The molecule has 0 aromatic heterocycles. The van der Waals surface area contributed by atoms with E-state index in [9.17, 15) is 9.59 Å². The van der Waals surface area contributed by atoms with Gasteiger partial charge < -0.3 is 9.64 Å². The Hall–Kier alpha value is -1.06. The lowest BCUT2D eigenvalue weighted by Gasteiger charge is -2.34. The van der Waals surface area contributed by atoms with Gasteiger partial charge in [0.25, 0.3) is 0 Å². The van der Waals surface area contributed by atoms with Crippen molar-refractivity contribution in [2.45, 2.75) is 84.3 Å². The van der Waals surface area contributed by atoms with Gasteiger partial charge in [-0.2, -0.15) is 0 Å². The number of nitrogens with zero attached hydrogens (tertiary/aromatic N) is 1. The van der Waals surface area contributed by atoms with Crippen LogP contribution in [0, 0.1) is 5.41 Å². The third-order valence-electron chi connectivity index (χ3n) is 4.88. The van der Waals surface area contributed by atoms with Gasteiger partial charge in [0.2, 0.25) is 5.91 Å². The maximum absolute atomic E-state index is 13.0. The van der Waals surface area contributed by atoms with Gasteiger partial charge in [0.1, 0.15) is 11.6 Å². The normalized spacial score (nSPS) is 25.1. The quantitative estimate of drug-likeness (QED) is 0.751. The Morgan fingerprint density at radius 2 is 1.81 bits per heavy atom. The molecule has 2 rings (SSSR count). The summed E-state index contributed by atoms with van der Waals surface area (Å²) in [6.45, 7) is 8.41. The largest absolute Gasteiger partial charge is 0.458 e. The van der Waals surface area contributed by atoms with Crippen molar-refractivity contribution in [3.8, 4) is 0 Å². The van der Waals surface area contributed by atoms with Crippen molar-refractivity contribution in [2.24, 2.45) is 5.41 Å². The molecule has 1 aliphatic heterocycles. The molecule has 1 aliphatic carbocycles. The molecule has 0 unspecified atom stereocenters. The molecule has 0 radical (unpaired) electrons. The second kappa shape index (κ2) is 5.98. The van der Waals surface area contributed by atoms with Crippen molar-refractivity contribution in [1.82, 2.24) is 4.90 Å². The summed E-state index contributed by atoms with van der Waals surface area (Å²) in [7, 11) is 0. The third-order valence-corrected chi connectivity index (χ3v) is 4.88. The molecular formula is C17H29NO3. The van der Waals surface area contributed by atoms with Gasteiger partial charge in [-0.25, -0.2) is 4.79 Å². The number of amides is 1. The predicted octanol–water partition coefficient (Wildman–Crippen LogP) is 3.29. The van der Waals surface area contributed by atoms with Crippen molar-refractivity contribution in [2.75, 3.05) is 6.54 Å². The van der Waals surface area contributed by atoms with Crippen LogP contribution in [0.4, 0.5) is 0 Å². The van der Waals surface area contributed by atoms with E-state index in [4.69, 9.17) is 4.74 Å². The van der Waals surface area contributed by atoms with E-state index in [1.165, 1.54) is 0 Å². The minimum atomic E-state index is -0.496. The van der Waals surface area contributed by atoms with Crippen LogP contribution < -0.4 is 0 Å². The molecule has 2 aliphatic rings. The van der Waals surface area contributed by atoms with E-state index in [-0.39, 0.29) is 23.3 Å². The molecule has 0 N–H and O–H groups in total. The first-order chi connectivity index (χ1) is 9.79. The highest BCUT2D eigenvalue weighted by atomic mass is 16.6. The summed E-state index contributed by atoms with van der Waals surface area (Å²) in [6.07, 6.45) is 6.72. The summed E-state index contributed by atoms with van der Waals surface area (Å²) in [5.74, 6) is -0.0477. The lowest BCUT2D eigenvalue weighted by molar-refractivity contribution is -0.165. The number of carbonyl (C=O) groups is 2. The van der Waals surface area contributed by atoms with Gasteiger partial charge in [0, 0.05) is 12.0 Å². The Labute approximate surface area is 128 Å². The van der Waals surface area contributed by atoms with Crippen LogP contribution in [0.3, 0.4) is 0 Å². The highest BCUT2D eigenvalue weighted by Gasteiger charge is 2.46. The standard InChI is InChI=1S/C17H29NO3/c1-5-17(10-6-7-11-17)15(20)18-12-8-9-13(18)14(19)21-16(2,3)4/h13H,5-12H2,1-4H3/t13-/m0/s1. The Balaban J connectivity index is 2.11. The van der Waals surface area contributed by atoms with Gasteiger partial charge >= 0.3 is 5.97 Å². The molecule has 1 saturated heterocycles. The van der Waals surface area contributed by atoms with Crippen molar-refractivity contribution in [3.63, 3.8) is 0 Å². The van der Waals surface area contributed by atoms with Crippen LogP contribution in [0.15, 0.2) is 0 Å². The topological polar surface area (TPSA) is 46.6 Å². The van der Waals surface area contributed by atoms with Crippen molar-refractivity contribution in [1.29, 1.82) is 0 Å². The molecule has 4 nitrogen and oxygen atoms in total. The molecule has 21 heavy (non-hydrogen) atoms. The summed E-state index contributed by atoms with van der Waals surface area (Å²) in [5.41, 5.74) is -0.713. The molecule has 4 heteroatoms. The van der Waals surface area contributed by atoms with E-state index in [0.29, 0.717) is 6.54 Å². The zero-order valence-electron chi connectivity index (χ0n) is 13.9. The number of hydrogen-bond donors (Lipinski definition) is 0. The zero-order valence-corrected chi connectivity index (χ0v) is 13.9. The monoisotopic (exact) mass is 295 g/mol. The van der Waals surface area contributed by atoms with Crippen LogP contribution in [-0.2, 0) is 14.3 Å². The molecule has 1 atom stereocenters. The van der Waals surface area contributed by atoms with Gasteiger partial charge in [-0.05, 0) is 52.9 Å². The highest BCUT2D eigenvalue weighted by Crippen LogP contribution is 2.43. The summed E-state index contributed by atoms with van der Waals surface area (Å²) >= 11 is 0. The fourth-order valence-corrected chi connectivity index (χ4v) is 3.70. The number of hydrogen-bond acceptors (Lipinski definition) is 3. The van der Waals surface area contributed by atoms with E-state index >= 15 is 0 Å². The molecule has 1 saturated carbocycles. The molecule has 0 aromatic carbocycles. The summed E-state index contributed by atoms with van der Waals surface area (Å²) in [6, 6.07) is -0.374. The molecule has 0 spiro atoms. The summed E-state index contributed by atoms with van der Waals surface area (Å²) < 4.78 is 5.50. The van der Waals surface area contributed by atoms with E-state index in [0.717, 1.165) is 44.9 Å². The van der Waals surface area contributed by atoms with Crippen LogP contribution in [0.5, 0.6) is 0 Å². The van der Waals surface area contributed by atoms with Crippen LogP contribution >= 0.6 is 0 Å². The number of ether oxygens (including phenoxy) is 1. The molecular weight excluding hydrogens is 266 g/mol. The maximum Gasteiger partial charge on any atom is 0.329 e. The van der Waals surface area contributed by atoms with Gasteiger partial charge in [0.05, 0.1) is 0 Å². The summed E-state index contributed by atoms with van der Waals surface area (Å²) in [4.78, 5) is 27.2. The van der Waals surface area contributed by atoms with E-state index in [1.807, 2.05) is 25.7 Å². The minimum absolute atomic E-state index is 0.191. The fraction of sp³-hybridized carbons (Fsp3) is 0.882. The lowest BCUT2D eigenvalue weighted by Crippen LogP contribution is -2.49. The second-order valence-corrected chi connectivity index (χ2v) is 7.53. The van der Waals surface area contributed by atoms with Gasteiger partial charge in [0.15, 0.2) is 0 Å². The highest BCUT2D eigenvalue weighted by molar-refractivity contribution is 5.89. The van der Waals surface area contributed by atoms with Crippen molar-refractivity contribution >= 4 is 11.9 Å². The van der Waals surface area contributed by atoms with Crippen molar-refractivity contribution < 1.29 is 14.3 Å². The van der Waals surface area contributed by atoms with Crippen LogP contribution in [0.25, 0.3) is 0 Å². The average molecular weight is 295 g/mol. The third kappa shape index (κ3) is 3.41. The minimum Gasteiger partial charge on any atom is -0.458 e. The van der Waals surface area contributed by atoms with Gasteiger partial charge in [-0.1, -0.05) is 19.8 Å². The smallest absolute Gasteiger partial charge is 0.329 e. The van der Waals surface area contributed by atoms with Gasteiger partial charge in [-0.3, -0.25) is 4.79 Å². The lowest BCUT2D eigenvalue weighted by atomic mass is 9.81. The zero-order chi connectivity index (χ0) is 15.7. The molecule has 2 fully saturated rings. The first-order valence-electron chi connectivity index (χ1n) is 8.33.